The Kier molecular flexibility index (Phi) is 10.9. The summed E-state index contributed by atoms with van der Waals surface area (Å²) in [5.74, 6) is -3.71. The van der Waals surface area contributed by atoms with E-state index in [0.29, 0.717) is 6.08 Å². The van der Waals surface area contributed by atoms with Crippen LogP contribution < -0.4 is 21.8 Å². The van der Waals surface area contributed by atoms with E-state index in [1.165, 1.54) is 30.3 Å². The lowest BCUT2D eigenvalue weighted by molar-refractivity contribution is -0.210. The van der Waals surface area contributed by atoms with Gasteiger partial charge in [0.25, 0.3) is 17.7 Å². The molecule has 2 unspecified atom stereocenters. The highest BCUT2D eigenvalue weighted by Crippen LogP contribution is 2.24. The highest BCUT2D eigenvalue weighted by molar-refractivity contribution is 6.33. The number of nitrogen functional groups attached to an aromatic ring is 1. The van der Waals surface area contributed by atoms with Crippen LogP contribution in [0.2, 0.25) is 5.02 Å². The Morgan fingerprint density at radius 1 is 1.05 bits per heavy atom. The lowest BCUT2D eigenvalue weighted by atomic mass is 9.85. The molecule has 6 N–H and O–H groups in total. The summed E-state index contributed by atoms with van der Waals surface area (Å²) in [5, 5.41) is 14.9. The minimum Gasteiger partial charge on any atom is -0.398 e. The summed E-state index contributed by atoms with van der Waals surface area (Å²) in [6.45, 7) is 6.84. The normalized spacial score (nSPS) is 13.8. The number of anilines is 1. The van der Waals surface area contributed by atoms with Gasteiger partial charge in [0.05, 0.1) is 17.3 Å². The quantitative estimate of drug-likeness (QED) is 0.170. The second kappa shape index (κ2) is 13.5. The lowest BCUT2D eigenvalue weighted by Gasteiger charge is -2.32. The van der Waals surface area contributed by atoms with E-state index in [1.54, 1.807) is 39.0 Å². The minimum atomic E-state index is -5.08. The molecule has 0 aliphatic heterocycles. The van der Waals surface area contributed by atoms with E-state index in [2.05, 4.69) is 17.2 Å². The summed E-state index contributed by atoms with van der Waals surface area (Å²) < 4.78 is 38.8. The predicted molar refractivity (Wildman–Crippen MR) is 146 cm³/mol. The maximum absolute atomic E-state index is 13.5. The Balaban J connectivity index is 2.37. The van der Waals surface area contributed by atoms with Gasteiger partial charge in [-0.1, -0.05) is 69.3 Å². The van der Waals surface area contributed by atoms with Gasteiger partial charge in [0.1, 0.15) is 12.1 Å². The van der Waals surface area contributed by atoms with Crippen LogP contribution in [0.3, 0.4) is 0 Å². The molecule has 0 saturated heterocycles. The number of aliphatic hydroxyl groups is 1. The number of benzene rings is 2. The fraction of sp³-hybridized carbons (Fsp3) is 0.333. The number of rotatable bonds is 9. The first-order chi connectivity index (χ1) is 18.9. The fourth-order valence-corrected chi connectivity index (χ4v) is 3.68. The second-order valence-electron chi connectivity index (χ2n) is 10.0. The van der Waals surface area contributed by atoms with Crippen molar-refractivity contribution in [1.29, 1.82) is 0 Å². The van der Waals surface area contributed by atoms with E-state index >= 15 is 0 Å². The topological polar surface area (TPSA) is 154 Å². The molecule has 0 saturated carbocycles. The van der Waals surface area contributed by atoms with Crippen LogP contribution in [0, 0.1) is 5.41 Å². The van der Waals surface area contributed by atoms with E-state index in [1.807, 2.05) is 5.43 Å². The molecule has 0 aliphatic carbocycles. The molecule has 2 aromatic carbocycles. The van der Waals surface area contributed by atoms with Crippen molar-refractivity contribution in [3.8, 4) is 0 Å². The molecule has 0 heterocycles. The molecule has 3 atom stereocenters. The summed E-state index contributed by atoms with van der Waals surface area (Å²) in [5.41, 5.74) is 7.39. The first-order valence-corrected chi connectivity index (χ1v) is 12.5. The molecule has 10 nitrogen and oxygen atoms in total. The van der Waals surface area contributed by atoms with E-state index in [-0.39, 0.29) is 26.8 Å². The van der Waals surface area contributed by atoms with Crippen LogP contribution in [0.15, 0.2) is 61.2 Å². The van der Waals surface area contributed by atoms with Crippen LogP contribution >= 0.6 is 11.6 Å². The van der Waals surface area contributed by atoms with Crippen molar-refractivity contribution >= 4 is 40.9 Å². The predicted octanol–water partition coefficient (Wildman–Crippen LogP) is 2.89. The molecule has 0 bridgehead atoms. The lowest BCUT2D eigenvalue weighted by Crippen LogP contribution is -2.57. The smallest absolute Gasteiger partial charge is 0.398 e. The molecule has 222 valence electrons. The standard InChI is InChI=1S/C27H31ClF3N5O5/c1-5-20(38)36(14-19(37)27(29,30)31)35-24(40)21(15-9-7-6-8-10-15)33-25(41)22(26(2,3)4)34-23(39)16-11-12-18(32)17(28)13-16/h5-13,19,21-22,37H,1,14,32H2,2-4H3,(H,33,41)(H,34,39)(H,35,40)/t19?,21?,22-/m1/s1. The third kappa shape index (κ3) is 9.22. The second-order valence-corrected chi connectivity index (χ2v) is 10.5. The molecular weight excluding hydrogens is 567 g/mol. The SMILES string of the molecule is C=CC(=O)N(CC(O)C(F)(F)F)NC(=O)C(NC(=O)[C@@H](NC(=O)c1ccc(N)c(Cl)c1)C(C)(C)C)c1ccccc1. The number of nitrogens with two attached hydrogens (primary N) is 1. The average molecular weight is 598 g/mol. The van der Waals surface area contributed by atoms with Gasteiger partial charge in [-0.2, -0.15) is 13.2 Å². The van der Waals surface area contributed by atoms with Crippen molar-refractivity contribution in [1.82, 2.24) is 21.1 Å². The number of amides is 4. The summed E-state index contributed by atoms with van der Waals surface area (Å²) in [6, 6.07) is 9.08. The largest absolute Gasteiger partial charge is 0.416 e. The zero-order valence-corrected chi connectivity index (χ0v) is 23.2. The van der Waals surface area contributed by atoms with Crippen LogP contribution in [0.25, 0.3) is 0 Å². The number of alkyl halides is 3. The summed E-state index contributed by atoms with van der Waals surface area (Å²) in [7, 11) is 0. The molecule has 2 aromatic rings. The zero-order chi connectivity index (χ0) is 31.1. The van der Waals surface area contributed by atoms with Crippen LogP contribution in [0.4, 0.5) is 18.9 Å². The third-order valence-corrected chi connectivity index (χ3v) is 6.09. The van der Waals surface area contributed by atoms with Crippen molar-refractivity contribution in [2.24, 2.45) is 5.41 Å². The molecule has 4 amide bonds. The number of hydrazine groups is 1. The number of halogens is 4. The maximum atomic E-state index is 13.5. The zero-order valence-electron chi connectivity index (χ0n) is 22.5. The van der Waals surface area contributed by atoms with Crippen LogP contribution in [0.1, 0.15) is 42.7 Å². The Labute approximate surface area is 239 Å². The Bertz CT molecular complexity index is 1280. The molecule has 41 heavy (non-hydrogen) atoms. The van der Waals surface area contributed by atoms with Gasteiger partial charge in [0, 0.05) is 5.56 Å². The van der Waals surface area contributed by atoms with Crippen molar-refractivity contribution in [2.45, 2.75) is 45.1 Å². The van der Waals surface area contributed by atoms with E-state index in [9.17, 15) is 37.5 Å². The van der Waals surface area contributed by atoms with Crippen LogP contribution in [-0.2, 0) is 14.4 Å². The molecule has 0 radical (unpaired) electrons. The van der Waals surface area contributed by atoms with E-state index in [0.717, 1.165) is 0 Å². The van der Waals surface area contributed by atoms with Crippen molar-refractivity contribution in [2.75, 3.05) is 12.3 Å². The molecule has 0 aromatic heterocycles. The van der Waals surface area contributed by atoms with Crippen molar-refractivity contribution in [3.05, 3.63) is 77.3 Å². The fourth-order valence-electron chi connectivity index (χ4n) is 3.50. The minimum absolute atomic E-state index is 0.116. The van der Waals surface area contributed by atoms with Crippen molar-refractivity contribution in [3.63, 3.8) is 0 Å². The Morgan fingerprint density at radius 2 is 1.66 bits per heavy atom. The number of aliphatic hydroxyl groups excluding tert-OH is 1. The number of carbonyl (C=O) groups excluding carboxylic acids is 4. The van der Waals surface area contributed by atoms with Crippen LogP contribution in [-0.4, -0.2) is 58.6 Å². The molecule has 14 heteroatoms. The molecule has 0 aliphatic rings. The molecule has 2 rings (SSSR count). The van der Waals surface area contributed by atoms with E-state index in [4.69, 9.17) is 17.3 Å². The first kappa shape index (κ1) is 33.1. The first-order valence-electron chi connectivity index (χ1n) is 12.2. The van der Waals surface area contributed by atoms with Gasteiger partial charge in [-0.25, -0.2) is 5.01 Å². The highest BCUT2D eigenvalue weighted by atomic mass is 35.5. The Hall–Kier alpha value is -4.10. The van der Waals surface area contributed by atoms with Gasteiger partial charge in [-0.3, -0.25) is 24.6 Å². The maximum Gasteiger partial charge on any atom is 0.416 e. The van der Waals surface area contributed by atoms with Gasteiger partial charge >= 0.3 is 6.18 Å². The number of nitrogens with one attached hydrogen (secondary N) is 3. The number of nitrogens with zero attached hydrogens (tertiary/aromatic N) is 1. The number of hydrogen-bond donors (Lipinski definition) is 5. The van der Waals surface area contributed by atoms with E-state index < -0.39 is 60.0 Å². The van der Waals surface area contributed by atoms with Crippen LogP contribution in [0.5, 0.6) is 0 Å². The molecule has 0 spiro atoms. The van der Waals surface area contributed by atoms with Gasteiger partial charge in [0.2, 0.25) is 5.91 Å². The summed E-state index contributed by atoms with van der Waals surface area (Å²) in [4.78, 5) is 52.0. The molecular formula is C27H31ClF3N5O5. The number of carbonyl (C=O) groups is 4. The average Bonchev–Trinajstić information content (AvgIpc) is 2.89. The van der Waals surface area contributed by atoms with Gasteiger partial charge < -0.3 is 21.5 Å². The third-order valence-electron chi connectivity index (χ3n) is 5.77. The Morgan fingerprint density at radius 3 is 2.17 bits per heavy atom. The summed E-state index contributed by atoms with van der Waals surface area (Å²) in [6.07, 6.45) is -7.41. The summed E-state index contributed by atoms with van der Waals surface area (Å²) >= 11 is 6.01. The molecule has 0 fully saturated rings. The van der Waals surface area contributed by atoms with Gasteiger partial charge in [0.15, 0.2) is 6.10 Å². The number of hydrogen-bond acceptors (Lipinski definition) is 6. The van der Waals surface area contributed by atoms with Gasteiger partial charge in [-0.15, -0.1) is 0 Å². The van der Waals surface area contributed by atoms with Crippen molar-refractivity contribution < 1.29 is 37.5 Å². The highest BCUT2D eigenvalue weighted by Gasteiger charge is 2.41. The monoisotopic (exact) mass is 597 g/mol. The van der Waals surface area contributed by atoms with Gasteiger partial charge in [-0.05, 0) is 35.3 Å².